The summed E-state index contributed by atoms with van der Waals surface area (Å²) in [5.41, 5.74) is 31.4. The number of para-hydroxylation sites is 4. The molecule has 2 nitrogen and oxygen atoms in total. The predicted molar refractivity (Wildman–Crippen MR) is 445 cm³/mol. The van der Waals surface area contributed by atoms with Crippen molar-refractivity contribution in [1.29, 1.82) is 0 Å². The summed E-state index contributed by atoms with van der Waals surface area (Å²) in [6, 6.07) is 157. The molecule has 0 radical (unpaired) electrons. The van der Waals surface area contributed by atoms with Crippen molar-refractivity contribution in [2.24, 2.45) is 0 Å². The minimum Gasteiger partial charge on any atom is -0.310 e. The van der Waals surface area contributed by atoms with Gasteiger partial charge in [-0.3, -0.25) is 0 Å². The topological polar surface area (TPSA) is 6.48 Å². The molecule has 0 N–H and O–H groups in total. The van der Waals surface area contributed by atoms with Gasteiger partial charge in [-0.2, -0.15) is 0 Å². The van der Waals surface area contributed by atoms with E-state index < -0.39 is 16.2 Å². The first-order valence-corrected chi connectivity index (χ1v) is 37.4. The number of hydrogen-bond donors (Lipinski definition) is 0. The Labute approximate surface area is 623 Å². The third kappa shape index (κ3) is 8.35. The Balaban J connectivity index is 0.939. The van der Waals surface area contributed by atoms with Gasteiger partial charge < -0.3 is 9.80 Å². The molecule has 18 aromatic rings. The maximum Gasteiger partial charge on any atom is 0.0748 e. The molecule has 0 aromatic heterocycles. The molecular formula is C105H68N2. The normalized spacial score (nSPS) is 14.2. The standard InChI is InChI=1S/C105H68N2/c1-7-36-70(37-8-1)103(71-38-9-2-10-39-71)92-61-27-29-63-94(92)106(74-44-15-5-16-45-74)96-65-33-56-83(100(96)103)77-52-31-54-81-86(77)68-87-78(84-57-34-66-97-101(84)104(72-40-11-3-12-41-72,73-42-13-4-14-43-73)93-62-28-30-64-95(93)107(97)75-46-17-6-18-47-75)53-32-55-82(87)98(81)88-67-69-35-19-20-48-76(69)99-85-51-23-26-60-91(85)105(102(88)99)89-58-24-21-49-79(89)80-50-22-25-59-90(80)105/h1-68H. The molecule has 2 heteroatoms. The third-order valence-corrected chi connectivity index (χ3v) is 24.1. The molecule has 0 unspecified atom stereocenters. The van der Waals surface area contributed by atoms with Gasteiger partial charge in [0.25, 0.3) is 0 Å². The summed E-state index contributed by atoms with van der Waals surface area (Å²) in [6.45, 7) is 0. The van der Waals surface area contributed by atoms with E-state index in [2.05, 4.69) is 422 Å². The molecule has 1 spiro atoms. The van der Waals surface area contributed by atoms with Gasteiger partial charge in [-0.25, -0.2) is 0 Å². The molecule has 498 valence electrons. The van der Waals surface area contributed by atoms with Crippen molar-refractivity contribution in [3.63, 3.8) is 0 Å². The molecule has 4 aliphatic rings. The van der Waals surface area contributed by atoms with E-state index in [-0.39, 0.29) is 0 Å². The van der Waals surface area contributed by atoms with Gasteiger partial charge in [0.15, 0.2) is 0 Å². The number of fused-ring (bicyclic) bond motifs is 18. The van der Waals surface area contributed by atoms with E-state index in [0.29, 0.717) is 0 Å². The van der Waals surface area contributed by atoms with Crippen LogP contribution in [0.3, 0.4) is 0 Å². The molecule has 2 heterocycles. The van der Waals surface area contributed by atoms with Crippen molar-refractivity contribution in [2.45, 2.75) is 16.2 Å². The minimum atomic E-state index is -0.813. The van der Waals surface area contributed by atoms with Crippen molar-refractivity contribution >= 4 is 66.4 Å². The van der Waals surface area contributed by atoms with E-state index in [4.69, 9.17) is 0 Å². The second-order valence-corrected chi connectivity index (χ2v) is 29.1. The summed E-state index contributed by atoms with van der Waals surface area (Å²) in [5, 5.41) is 7.12. The van der Waals surface area contributed by atoms with Crippen LogP contribution < -0.4 is 9.80 Å². The van der Waals surface area contributed by atoms with Gasteiger partial charge in [-0.05, 0) is 204 Å². The van der Waals surface area contributed by atoms with Crippen molar-refractivity contribution in [3.8, 4) is 55.6 Å². The molecule has 18 aromatic carbocycles. The zero-order valence-corrected chi connectivity index (χ0v) is 58.7. The van der Waals surface area contributed by atoms with Gasteiger partial charge in [0, 0.05) is 22.5 Å². The first-order valence-electron chi connectivity index (χ1n) is 37.4. The Bertz CT molecular complexity index is 6210. The molecule has 0 saturated heterocycles. The fraction of sp³-hybridized carbons (Fsp3) is 0.0286. The van der Waals surface area contributed by atoms with Crippen LogP contribution in [0.4, 0.5) is 34.1 Å². The summed E-state index contributed by atoms with van der Waals surface area (Å²) < 4.78 is 0. The third-order valence-electron chi connectivity index (χ3n) is 24.1. The largest absolute Gasteiger partial charge is 0.310 e. The molecular weight excluding hydrogens is 1290 g/mol. The highest BCUT2D eigenvalue weighted by atomic mass is 15.2. The number of hydrogen-bond acceptors (Lipinski definition) is 2. The van der Waals surface area contributed by atoms with Gasteiger partial charge in [0.2, 0.25) is 0 Å². The van der Waals surface area contributed by atoms with E-state index >= 15 is 0 Å². The van der Waals surface area contributed by atoms with E-state index in [0.717, 1.165) is 67.2 Å². The van der Waals surface area contributed by atoms with Gasteiger partial charge >= 0.3 is 0 Å². The Morgan fingerprint density at radius 1 is 0.168 bits per heavy atom. The second-order valence-electron chi connectivity index (χ2n) is 29.1. The lowest BCUT2D eigenvalue weighted by atomic mass is 9.60. The highest BCUT2D eigenvalue weighted by molar-refractivity contribution is 6.23. The Hall–Kier alpha value is -13.7. The Kier molecular flexibility index (Phi) is 13.5. The van der Waals surface area contributed by atoms with Crippen LogP contribution in [0, 0.1) is 0 Å². The zero-order valence-electron chi connectivity index (χ0n) is 58.7. The first kappa shape index (κ1) is 60.9. The molecule has 22 rings (SSSR count). The summed E-state index contributed by atoms with van der Waals surface area (Å²) in [7, 11) is 0. The lowest BCUT2D eigenvalue weighted by Gasteiger charge is -2.47. The molecule has 0 saturated carbocycles. The molecule has 107 heavy (non-hydrogen) atoms. The number of rotatable bonds is 9. The summed E-state index contributed by atoms with van der Waals surface area (Å²) in [4.78, 5) is 5.05. The first-order chi connectivity index (χ1) is 53.2. The number of anilines is 6. The van der Waals surface area contributed by atoms with Crippen LogP contribution >= 0.6 is 0 Å². The number of benzene rings is 18. The van der Waals surface area contributed by atoms with Crippen LogP contribution in [0.5, 0.6) is 0 Å². The highest BCUT2D eigenvalue weighted by Gasteiger charge is 2.55. The monoisotopic (exact) mass is 1360 g/mol. The fourth-order valence-electron chi connectivity index (χ4n) is 20.3. The van der Waals surface area contributed by atoms with Crippen molar-refractivity contribution < 1.29 is 0 Å². The quantitative estimate of drug-likeness (QED) is 0.133. The molecule has 0 atom stereocenters. The van der Waals surface area contributed by atoms with Crippen LogP contribution in [-0.4, -0.2) is 0 Å². The van der Waals surface area contributed by atoms with E-state index in [1.807, 2.05) is 0 Å². The molecule has 0 amide bonds. The van der Waals surface area contributed by atoms with Crippen LogP contribution in [0.2, 0.25) is 0 Å². The fourth-order valence-corrected chi connectivity index (χ4v) is 20.3. The van der Waals surface area contributed by atoms with Crippen LogP contribution in [0.15, 0.2) is 413 Å². The Morgan fingerprint density at radius 2 is 0.486 bits per heavy atom. The molecule has 2 aliphatic heterocycles. The van der Waals surface area contributed by atoms with Crippen LogP contribution in [0.1, 0.15) is 66.8 Å². The van der Waals surface area contributed by atoms with Crippen LogP contribution in [-0.2, 0) is 16.2 Å². The van der Waals surface area contributed by atoms with E-state index in [1.54, 1.807) is 0 Å². The highest BCUT2D eigenvalue weighted by Crippen LogP contribution is 2.68. The molecule has 0 bridgehead atoms. The van der Waals surface area contributed by atoms with Crippen molar-refractivity contribution in [2.75, 3.05) is 9.80 Å². The molecule has 0 fully saturated rings. The Morgan fingerprint density at radius 3 is 0.935 bits per heavy atom. The van der Waals surface area contributed by atoms with E-state index in [1.165, 1.54) is 122 Å². The number of nitrogens with zero attached hydrogens (tertiary/aromatic N) is 2. The smallest absolute Gasteiger partial charge is 0.0748 e. The van der Waals surface area contributed by atoms with Gasteiger partial charge in [0.05, 0.1) is 39.0 Å². The lowest BCUT2D eigenvalue weighted by Crippen LogP contribution is -2.38. The second kappa shape index (κ2) is 23.7. The zero-order chi connectivity index (χ0) is 70.4. The maximum atomic E-state index is 2.61. The van der Waals surface area contributed by atoms with Crippen molar-refractivity contribution in [1.82, 2.24) is 0 Å². The minimum absolute atomic E-state index is 0.697. The van der Waals surface area contributed by atoms with Crippen molar-refractivity contribution in [3.05, 3.63) is 479 Å². The predicted octanol–water partition coefficient (Wildman–Crippen LogP) is 26.8. The van der Waals surface area contributed by atoms with E-state index in [9.17, 15) is 0 Å². The lowest BCUT2D eigenvalue weighted by molar-refractivity contribution is 0.733. The maximum absolute atomic E-state index is 2.61. The van der Waals surface area contributed by atoms with Gasteiger partial charge in [-0.1, -0.05) is 352 Å². The average molecular weight is 1360 g/mol. The SMILES string of the molecule is c1ccc(N2c3ccccc3C(c3ccccc3)(c3ccccc3)c3c(-c4cccc5c(-c6cc7ccccc7c7c6C6(c8ccccc8-c8ccccc86)c6ccccc6-7)c6cccc(-c7cccc8c7C(c7ccccc7)(c7ccccc7)c7ccccc7N8c7ccccc7)c6cc45)cccc32)cc1. The summed E-state index contributed by atoms with van der Waals surface area (Å²) in [6.07, 6.45) is 0. The van der Waals surface area contributed by atoms with Gasteiger partial charge in [0.1, 0.15) is 0 Å². The van der Waals surface area contributed by atoms with Gasteiger partial charge in [-0.15, -0.1) is 0 Å². The summed E-state index contributed by atoms with van der Waals surface area (Å²) >= 11 is 0. The van der Waals surface area contributed by atoms with Crippen LogP contribution in [0.25, 0.3) is 88.0 Å². The average Bonchev–Trinajstić information content (AvgIpc) is 1.65. The summed E-state index contributed by atoms with van der Waals surface area (Å²) in [5.74, 6) is 0. The molecule has 2 aliphatic carbocycles.